The van der Waals surface area contributed by atoms with E-state index in [1.54, 1.807) is 19.1 Å². The molecule has 1 aliphatic rings. The smallest absolute Gasteiger partial charge is 0.243 e. The molecular weight excluding hydrogens is 255 g/mol. The molecule has 0 atom stereocenters. The van der Waals surface area contributed by atoms with Crippen molar-refractivity contribution in [3.05, 3.63) is 29.6 Å². The maximum absolute atomic E-state index is 13.8. The largest absolute Gasteiger partial charge is 0.317 e. The predicted molar refractivity (Wildman–Crippen MR) is 67.4 cm³/mol. The van der Waals surface area contributed by atoms with Crippen LogP contribution in [0.3, 0.4) is 0 Å². The van der Waals surface area contributed by atoms with E-state index in [0.717, 1.165) is 25.9 Å². The van der Waals surface area contributed by atoms with Crippen LogP contribution in [-0.2, 0) is 10.0 Å². The Morgan fingerprint density at radius 3 is 2.67 bits per heavy atom. The molecule has 2 N–H and O–H groups in total. The highest BCUT2D eigenvalue weighted by Crippen LogP contribution is 2.18. The molecule has 1 heterocycles. The molecule has 1 aliphatic heterocycles. The first-order valence-corrected chi connectivity index (χ1v) is 7.47. The number of nitrogens with one attached hydrogen (secondary N) is 2. The molecule has 18 heavy (non-hydrogen) atoms. The summed E-state index contributed by atoms with van der Waals surface area (Å²) in [5, 5.41) is 3.15. The van der Waals surface area contributed by atoms with Crippen LogP contribution in [0.15, 0.2) is 23.1 Å². The van der Waals surface area contributed by atoms with Crippen molar-refractivity contribution in [2.45, 2.75) is 30.7 Å². The third kappa shape index (κ3) is 2.88. The van der Waals surface area contributed by atoms with Gasteiger partial charge < -0.3 is 5.32 Å². The minimum atomic E-state index is -3.77. The molecule has 6 heteroatoms. The Bertz CT molecular complexity index is 525. The van der Waals surface area contributed by atoms with Gasteiger partial charge in [0.15, 0.2) is 0 Å². The van der Waals surface area contributed by atoms with Crippen molar-refractivity contribution in [3.63, 3.8) is 0 Å². The highest BCUT2D eigenvalue weighted by atomic mass is 32.2. The Labute approximate surface area is 107 Å². The highest BCUT2D eigenvalue weighted by molar-refractivity contribution is 7.89. The summed E-state index contributed by atoms with van der Waals surface area (Å²) >= 11 is 0. The van der Waals surface area contributed by atoms with Gasteiger partial charge in [0.05, 0.1) is 0 Å². The lowest BCUT2D eigenvalue weighted by Crippen LogP contribution is -2.42. The van der Waals surface area contributed by atoms with Gasteiger partial charge >= 0.3 is 0 Å². The first kappa shape index (κ1) is 13.5. The van der Waals surface area contributed by atoms with E-state index in [9.17, 15) is 12.8 Å². The van der Waals surface area contributed by atoms with Gasteiger partial charge in [0.2, 0.25) is 10.0 Å². The number of sulfonamides is 1. The van der Waals surface area contributed by atoms with Gasteiger partial charge in [0.25, 0.3) is 0 Å². The first-order chi connectivity index (χ1) is 8.50. The monoisotopic (exact) mass is 272 g/mol. The lowest BCUT2D eigenvalue weighted by molar-refractivity contribution is 0.426. The molecule has 1 aromatic rings. The van der Waals surface area contributed by atoms with Gasteiger partial charge in [-0.3, -0.25) is 0 Å². The maximum Gasteiger partial charge on any atom is 0.243 e. The Kier molecular flexibility index (Phi) is 3.99. The lowest BCUT2D eigenvalue weighted by atomic mass is 10.1. The third-order valence-electron chi connectivity index (χ3n) is 3.11. The zero-order valence-corrected chi connectivity index (χ0v) is 11.1. The highest BCUT2D eigenvalue weighted by Gasteiger charge is 2.24. The number of halogens is 1. The number of hydrogen-bond acceptors (Lipinski definition) is 3. The van der Waals surface area contributed by atoms with Crippen molar-refractivity contribution < 1.29 is 12.8 Å². The molecule has 0 bridgehead atoms. The Morgan fingerprint density at radius 2 is 2.00 bits per heavy atom. The van der Waals surface area contributed by atoms with Gasteiger partial charge in [-0.15, -0.1) is 0 Å². The van der Waals surface area contributed by atoms with Crippen LogP contribution in [0.5, 0.6) is 0 Å². The SMILES string of the molecule is Cc1cccc(S(=O)(=O)NC2CCNCC2)c1F. The molecule has 0 saturated carbocycles. The quantitative estimate of drug-likeness (QED) is 0.868. The molecule has 2 rings (SSSR count). The van der Waals surface area contributed by atoms with Crippen LogP contribution < -0.4 is 10.0 Å². The second-order valence-electron chi connectivity index (χ2n) is 4.53. The minimum Gasteiger partial charge on any atom is -0.317 e. The van der Waals surface area contributed by atoms with E-state index < -0.39 is 15.8 Å². The Hall–Kier alpha value is -0.980. The second-order valence-corrected chi connectivity index (χ2v) is 6.21. The molecule has 100 valence electrons. The molecule has 0 radical (unpaired) electrons. The fourth-order valence-corrected chi connectivity index (χ4v) is 3.51. The summed E-state index contributed by atoms with van der Waals surface area (Å²) in [6.45, 7) is 3.12. The predicted octanol–water partition coefficient (Wildman–Crippen LogP) is 1.16. The maximum atomic E-state index is 13.8. The number of rotatable bonds is 3. The Morgan fingerprint density at radius 1 is 1.33 bits per heavy atom. The van der Waals surface area contributed by atoms with Gasteiger partial charge in [-0.2, -0.15) is 0 Å². The number of aryl methyl sites for hydroxylation is 1. The van der Waals surface area contributed by atoms with E-state index >= 15 is 0 Å². The van der Waals surface area contributed by atoms with Crippen molar-refractivity contribution in [2.75, 3.05) is 13.1 Å². The standard InChI is InChI=1S/C12H17FN2O2S/c1-9-3-2-4-11(12(9)13)18(16,17)15-10-5-7-14-8-6-10/h2-4,10,14-15H,5-8H2,1H3. The van der Waals surface area contributed by atoms with E-state index in [2.05, 4.69) is 10.0 Å². The molecule has 1 fully saturated rings. The zero-order valence-electron chi connectivity index (χ0n) is 10.2. The van der Waals surface area contributed by atoms with Crippen molar-refractivity contribution >= 4 is 10.0 Å². The average Bonchev–Trinajstić information content (AvgIpc) is 2.33. The molecule has 0 spiro atoms. The first-order valence-electron chi connectivity index (χ1n) is 5.99. The minimum absolute atomic E-state index is 0.115. The van der Waals surface area contributed by atoms with Crippen LogP contribution in [-0.4, -0.2) is 27.5 Å². The summed E-state index contributed by atoms with van der Waals surface area (Å²) in [4.78, 5) is -0.263. The van der Waals surface area contributed by atoms with E-state index in [0.29, 0.717) is 5.56 Å². The average molecular weight is 272 g/mol. The van der Waals surface area contributed by atoms with E-state index in [-0.39, 0.29) is 10.9 Å². The third-order valence-corrected chi connectivity index (χ3v) is 4.64. The van der Waals surface area contributed by atoms with Gasteiger partial charge in [-0.25, -0.2) is 17.5 Å². The number of hydrogen-bond donors (Lipinski definition) is 2. The van der Waals surface area contributed by atoms with Gasteiger partial charge in [-0.1, -0.05) is 12.1 Å². The zero-order chi connectivity index (χ0) is 13.2. The normalized spacial score (nSPS) is 17.9. The summed E-state index contributed by atoms with van der Waals surface area (Å²) in [5.41, 5.74) is 0.336. The summed E-state index contributed by atoms with van der Waals surface area (Å²) in [5.74, 6) is -0.668. The number of benzene rings is 1. The molecule has 0 aromatic heterocycles. The molecule has 0 unspecified atom stereocenters. The summed E-state index contributed by atoms with van der Waals surface area (Å²) < 4.78 is 40.6. The molecule has 0 aliphatic carbocycles. The lowest BCUT2D eigenvalue weighted by Gasteiger charge is -2.23. The van der Waals surface area contributed by atoms with E-state index in [1.165, 1.54) is 6.07 Å². The van der Waals surface area contributed by atoms with Crippen molar-refractivity contribution in [2.24, 2.45) is 0 Å². The fraction of sp³-hybridized carbons (Fsp3) is 0.500. The topological polar surface area (TPSA) is 58.2 Å². The van der Waals surface area contributed by atoms with E-state index in [4.69, 9.17) is 0 Å². The van der Waals surface area contributed by atoms with E-state index in [1.807, 2.05) is 0 Å². The Balaban J connectivity index is 2.22. The summed E-state index contributed by atoms with van der Waals surface area (Å²) in [6.07, 6.45) is 1.46. The van der Waals surface area contributed by atoms with Crippen LogP contribution in [0, 0.1) is 12.7 Å². The summed E-state index contributed by atoms with van der Waals surface area (Å²) in [6, 6.07) is 4.29. The van der Waals surface area contributed by atoms with Gasteiger partial charge in [0, 0.05) is 6.04 Å². The molecule has 0 amide bonds. The van der Waals surface area contributed by atoms with Gasteiger partial charge in [0.1, 0.15) is 10.7 Å². The molecule has 1 aromatic carbocycles. The van der Waals surface area contributed by atoms with Crippen molar-refractivity contribution in [3.8, 4) is 0 Å². The molecule has 1 saturated heterocycles. The molecular formula is C12H17FN2O2S. The van der Waals surface area contributed by atoms with Crippen molar-refractivity contribution in [1.82, 2.24) is 10.0 Å². The number of piperidine rings is 1. The fourth-order valence-electron chi connectivity index (χ4n) is 2.05. The van der Waals surface area contributed by atoms with Crippen LogP contribution in [0.4, 0.5) is 4.39 Å². The summed E-state index contributed by atoms with van der Waals surface area (Å²) in [7, 11) is -3.77. The van der Waals surface area contributed by atoms with Crippen LogP contribution in [0.2, 0.25) is 0 Å². The molecule has 4 nitrogen and oxygen atoms in total. The van der Waals surface area contributed by atoms with Crippen molar-refractivity contribution in [1.29, 1.82) is 0 Å². The van der Waals surface area contributed by atoms with Crippen LogP contribution in [0.25, 0.3) is 0 Å². The van der Waals surface area contributed by atoms with Crippen LogP contribution in [0.1, 0.15) is 18.4 Å². The van der Waals surface area contributed by atoms with Gasteiger partial charge in [-0.05, 0) is 44.5 Å². The second kappa shape index (κ2) is 5.34. The van der Waals surface area contributed by atoms with Crippen LogP contribution >= 0.6 is 0 Å².